The fraction of sp³-hybridized carbons (Fsp3) is 0.400. The number of amides is 3. The smallest absolute Gasteiger partial charge is 0.410 e. The molecule has 0 radical (unpaired) electrons. The molecule has 206 valence electrons. The molecule has 1 N–H and O–H groups in total. The molecule has 1 saturated heterocycles. The van der Waals surface area contributed by atoms with Gasteiger partial charge in [0.25, 0.3) is 5.91 Å². The van der Waals surface area contributed by atoms with Gasteiger partial charge in [0, 0.05) is 30.9 Å². The number of nitrogens with zero attached hydrogens (tertiary/aromatic N) is 3. The van der Waals surface area contributed by atoms with E-state index in [2.05, 4.69) is 24.1 Å². The van der Waals surface area contributed by atoms with Crippen LogP contribution < -0.4 is 15.0 Å². The highest BCUT2D eigenvalue weighted by Crippen LogP contribution is 2.31. The number of likely N-dealkylation sites (tertiary alicyclic amines) is 1. The van der Waals surface area contributed by atoms with Crippen molar-refractivity contribution in [1.29, 1.82) is 0 Å². The zero-order valence-corrected chi connectivity index (χ0v) is 22.9. The van der Waals surface area contributed by atoms with E-state index < -0.39 is 18.2 Å². The first-order chi connectivity index (χ1) is 18.7. The van der Waals surface area contributed by atoms with Crippen LogP contribution in [0.15, 0.2) is 66.4 Å². The van der Waals surface area contributed by atoms with Crippen molar-refractivity contribution in [3.63, 3.8) is 0 Å². The number of rotatable bonds is 9. The van der Waals surface area contributed by atoms with E-state index in [1.54, 1.807) is 42.5 Å². The number of fused-ring (bicyclic) bond motifs is 1. The highest BCUT2D eigenvalue weighted by molar-refractivity contribution is 6.02. The third kappa shape index (κ3) is 6.13. The van der Waals surface area contributed by atoms with Gasteiger partial charge in [-0.15, -0.1) is 0 Å². The highest BCUT2D eigenvalue weighted by atomic mass is 16.6. The molecule has 0 spiro atoms. The highest BCUT2D eigenvalue weighted by Gasteiger charge is 2.48. The van der Waals surface area contributed by atoms with E-state index in [0.717, 1.165) is 18.8 Å². The van der Waals surface area contributed by atoms with Gasteiger partial charge in [0.05, 0.1) is 12.2 Å². The molecule has 2 aromatic carbocycles. The van der Waals surface area contributed by atoms with Crippen molar-refractivity contribution in [3.05, 3.63) is 71.9 Å². The summed E-state index contributed by atoms with van der Waals surface area (Å²) in [5.41, 5.74) is 1.92. The van der Waals surface area contributed by atoms with Crippen molar-refractivity contribution >= 4 is 29.4 Å². The van der Waals surface area contributed by atoms with Gasteiger partial charge >= 0.3 is 6.09 Å². The minimum atomic E-state index is -0.874. The van der Waals surface area contributed by atoms with Crippen LogP contribution >= 0.6 is 0 Å². The Bertz CT molecular complexity index is 1240. The summed E-state index contributed by atoms with van der Waals surface area (Å²) in [7, 11) is 0. The molecule has 9 heteroatoms. The SMILES string of the molecule is CCN(CC)c1ccc(C(=O)NC(CC(C)C)C(=O)N2CC=C3C2C(=O)CN3C(=O)Oc2ccccc2)cc1. The third-order valence-corrected chi connectivity index (χ3v) is 7.04. The number of Topliss-reactive ketones (excluding diaryl/α,β-unsaturated/α-hetero) is 1. The molecule has 0 aliphatic carbocycles. The van der Waals surface area contributed by atoms with Gasteiger partial charge in [0.1, 0.15) is 17.8 Å². The number of anilines is 1. The molecule has 2 aliphatic heterocycles. The molecule has 2 aromatic rings. The lowest BCUT2D eigenvalue weighted by molar-refractivity contribution is -0.137. The lowest BCUT2D eigenvalue weighted by Crippen LogP contribution is -2.52. The average molecular weight is 533 g/mol. The molecule has 1 fully saturated rings. The fourth-order valence-corrected chi connectivity index (χ4v) is 5.08. The van der Waals surface area contributed by atoms with Gasteiger partial charge in [-0.1, -0.05) is 32.0 Å². The van der Waals surface area contributed by atoms with E-state index in [1.807, 2.05) is 32.0 Å². The van der Waals surface area contributed by atoms with Crippen LogP contribution in [0.4, 0.5) is 10.5 Å². The maximum atomic E-state index is 13.7. The van der Waals surface area contributed by atoms with Crippen molar-refractivity contribution in [2.24, 2.45) is 5.92 Å². The maximum Gasteiger partial charge on any atom is 0.419 e. The van der Waals surface area contributed by atoms with Gasteiger partial charge in [-0.25, -0.2) is 4.79 Å². The van der Waals surface area contributed by atoms with Gasteiger partial charge in [0.15, 0.2) is 5.78 Å². The number of carbonyl (C=O) groups is 4. The molecule has 4 rings (SSSR count). The number of hydrogen-bond acceptors (Lipinski definition) is 6. The van der Waals surface area contributed by atoms with Crippen molar-refractivity contribution in [1.82, 2.24) is 15.1 Å². The summed E-state index contributed by atoms with van der Waals surface area (Å²) in [5.74, 6) is -0.470. The summed E-state index contributed by atoms with van der Waals surface area (Å²) in [6.45, 7) is 9.81. The minimum absolute atomic E-state index is 0.121. The van der Waals surface area contributed by atoms with Gasteiger partial charge < -0.3 is 19.9 Å². The van der Waals surface area contributed by atoms with Crippen LogP contribution in [0.1, 0.15) is 44.5 Å². The molecule has 3 amide bonds. The summed E-state index contributed by atoms with van der Waals surface area (Å²) in [6, 6.07) is 14.2. The molecule has 39 heavy (non-hydrogen) atoms. The van der Waals surface area contributed by atoms with Gasteiger partial charge in [-0.2, -0.15) is 0 Å². The molecule has 9 nitrogen and oxygen atoms in total. The van der Waals surface area contributed by atoms with Gasteiger partial charge in [-0.3, -0.25) is 19.3 Å². The predicted octanol–water partition coefficient (Wildman–Crippen LogP) is 3.86. The first kappa shape index (κ1) is 27.9. The lowest BCUT2D eigenvalue weighted by Gasteiger charge is -2.29. The van der Waals surface area contributed by atoms with Gasteiger partial charge in [0.2, 0.25) is 5.91 Å². The van der Waals surface area contributed by atoms with Crippen LogP contribution in [0.2, 0.25) is 0 Å². The van der Waals surface area contributed by atoms with E-state index >= 15 is 0 Å². The standard InChI is InChI=1S/C30H36N4O5/c1-5-32(6-2)22-14-12-21(13-15-22)28(36)31-24(18-20(3)4)29(37)33-17-16-25-27(33)26(35)19-34(25)30(38)39-23-10-8-7-9-11-23/h7-16,20,24,27H,5-6,17-19H2,1-4H3,(H,31,36). The Morgan fingerprint density at radius 1 is 1.03 bits per heavy atom. The normalized spacial score (nSPS) is 17.1. The number of ether oxygens (including phenoxy) is 1. The summed E-state index contributed by atoms with van der Waals surface area (Å²) in [6.07, 6.45) is 1.45. The molecular formula is C30H36N4O5. The Balaban J connectivity index is 1.46. The van der Waals surface area contributed by atoms with E-state index in [1.165, 1.54) is 9.80 Å². The Kier molecular flexibility index (Phi) is 8.69. The number of ketones is 1. The van der Waals surface area contributed by atoms with Crippen LogP contribution in [-0.2, 0) is 9.59 Å². The van der Waals surface area contributed by atoms with Crippen molar-refractivity contribution in [3.8, 4) is 5.75 Å². The molecule has 0 aromatic heterocycles. The molecule has 2 heterocycles. The van der Waals surface area contributed by atoms with Crippen LogP contribution in [0, 0.1) is 5.92 Å². The maximum absolute atomic E-state index is 13.7. The molecule has 2 aliphatic rings. The summed E-state index contributed by atoms with van der Waals surface area (Å²) in [4.78, 5) is 57.6. The monoisotopic (exact) mass is 532 g/mol. The van der Waals surface area contributed by atoms with E-state index in [9.17, 15) is 19.2 Å². The summed E-state index contributed by atoms with van der Waals surface area (Å²) in [5, 5.41) is 2.90. The van der Waals surface area contributed by atoms with Crippen molar-refractivity contribution in [2.75, 3.05) is 31.1 Å². The molecule has 0 bridgehead atoms. The second kappa shape index (κ2) is 12.1. The molecular weight excluding hydrogens is 496 g/mol. The van der Waals surface area contributed by atoms with Crippen LogP contribution in [-0.4, -0.2) is 71.8 Å². The second-order valence-corrected chi connectivity index (χ2v) is 10.1. The first-order valence-electron chi connectivity index (χ1n) is 13.5. The second-order valence-electron chi connectivity index (χ2n) is 10.1. The van der Waals surface area contributed by atoms with E-state index in [4.69, 9.17) is 4.74 Å². The molecule has 2 atom stereocenters. The average Bonchev–Trinajstić information content (AvgIpc) is 3.50. The first-order valence-corrected chi connectivity index (χ1v) is 13.5. The van der Waals surface area contributed by atoms with E-state index in [-0.39, 0.29) is 36.6 Å². The Hall–Kier alpha value is -4.14. The predicted molar refractivity (Wildman–Crippen MR) is 148 cm³/mol. The fourth-order valence-electron chi connectivity index (χ4n) is 5.08. The Morgan fingerprint density at radius 3 is 2.31 bits per heavy atom. The lowest BCUT2D eigenvalue weighted by atomic mass is 10.0. The quantitative estimate of drug-likeness (QED) is 0.527. The number of nitrogens with one attached hydrogen (secondary N) is 1. The third-order valence-electron chi connectivity index (χ3n) is 7.04. The van der Waals surface area contributed by atoms with E-state index in [0.29, 0.717) is 23.4 Å². The van der Waals surface area contributed by atoms with Crippen LogP contribution in [0.3, 0.4) is 0 Å². The zero-order valence-electron chi connectivity index (χ0n) is 22.9. The van der Waals surface area contributed by atoms with Crippen LogP contribution in [0.25, 0.3) is 0 Å². The number of benzene rings is 2. The Labute approximate surface area is 229 Å². The number of hydrogen-bond donors (Lipinski definition) is 1. The Morgan fingerprint density at radius 2 is 1.69 bits per heavy atom. The number of para-hydroxylation sites is 1. The number of carbonyl (C=O) groups excluding carboxylic acids is 4. The minimum Gasteiger partial charge on any atom is -0.410 e. The topological polar surface area (TPSA) is 99.3 Å². The van der Waals surface area contributed by atoms with Crippen molar-refractivity contribution < 1.29 is 23.9 Å². The summed E-state index contributed by atoms with van der Waals surface area (Å²) >= 11 is 0. The molecule has 0 saturated carbocycles. The largest absolute Gasteiger partial charge is 0.419 e. The van der Waals surface area contributed by atoms with Crippen molar-refractivity contribution in [2.45, 2.75) is 46.2 Å². The zero-order chi connectivity index (χ0) is 28.1. The van der Waals surface area contributed by atoms with Crippen LogP contribution in [0.5, 0.6) is 5.75 Å². The molecule has 2 unspecified atom stereocenters. The van der Waals surface area contributed by atoms with Gasteiger partial charge in [-0.05, 0) is 68.7 Å². The summed E-state index contributed by atoms with van der Waals surface area (Å²) < 4.78 is 5.42.